The topological polar surface area (TPSA) is 64.3 Å². The molecule has 0 saturated heterocycles. The van der Waals surface area contributed by atoms with Crippen molar-refractivity contribution in [1.82, 2.24) is 5.32 Å². The molecule has 1 amide bonds. The fourth-order valence-electron chi connectivity index (χ4n) is 3.52. The predicted octanol–water partition coefficient (Wildman–Crippen LogP) is 4.30. The number of hydrogen-bond donors (Lipinski definition) is 2. The molecule has 1 aliphatic rings. The molecule has 4 rings (SSSR count). The zero-order valence-electron chi connectivity index (χ0n) is 15.6. The van der Waals surface area contributed by atoms with Gasteiger partial charge in [0.05, 0.1) is 12.2 Å². The van der Waals surface area contributed by atoms with Gasteiger partial charge >= 0.3 is 6.09 Å². The molecular weight excluding hydrogens is 367 g/mol. The average Bonchev–Trinajstić information content (AvgIpc) is 3.06. The van der Waals surface area contributed by atoms with Crippen molar-refractivity contribution < 1.29 is 13.9 Å². The first kappa shape index (κ1) is 18.6. The Kier molecular flexibility index (Phi) is 5.17. The van der Waals surface area contributed by atoms with Crippen LogP contribution in [0.25, 0.3) is 11.1 Å². The van der Waals surface area contributed by atoms with E-state index >= 15 is 0 Å². The van der Waals surface area contributed by atoms with E-state index in [1.807, 2.05) is 24.3 Å². The smallest absolute Gasteiger partial charge is 0.407 e. The van der Waals surface area contributed by atoms with E-state index in [1.165, 1.54) is 23.3 Å². The maximum atomic E-state index is 13.4. The van der Waals surface area contributed by atoms with Crippen LogP contribution in [0.3, 0.4) is 0 Å². The van der Waals surface area contributed by atoms with E-state index in [1.54, 1.807) is 6.07 Å². The van der Waals surface area contributed by atoms with E-state index < -0.39 is 11.9 Å². The van der Waals surface area contributed by atoms with Gasteiger partial charge < -0.3 is 15.8 Å². The standard InChI is InChI=1S/C24H19FN2O2/c25-22-14-16(11-12-23(22)26)6-5-13-27-24(28)29-15-21-19-9-3-1-7-17(19)18-8-2-4-10-20(18)21/h1-4,7-12,14,21H,13,15,26H2,(H,27,28). The van der Waals surface area contributed by atoms with Crippen LogP contribution in [0, 0.1) is 17.7 Å². The van der Waals surface area contributed by atoms with Crippen LogP contribution < -0.4 is 11.1 Å². The number of fused-ring (bicyclic) bond motifs is 3. The Labute approximate surface area is 168 Å². The molecule has 0 saturated carbocycles. The van der Waals surface area contributed by atoms with Gasteiger partial charge in [0.15, 0.2) is 0 Å². The van der Waals surface area contributed by atoms with Crippen LogP contribution in [-0.4, -0.2) is 19.2 Å². The van der Waals surface area contributed by atoms with Crippen molar-refractivity contribution in [3.8, 4) is 23.0 Å². The van der Waals surface area contributed by atoms with E-state index in [2.05, 4.69) is 41.4 Å². The normalized spacial score (nSPS) is 11.8. The fraction of sp³-hybridized carbons (Fsp3) is 0.125. The number of carbonyl (C=O) groups excluding carboxylic acids is 1. The van der Waals surface area contributed by atoms with E-state index in [9.17, 15) is 9.18 Å². The van der Waals surface area contributed by atoms with E-state index in [4.69, 9.17) is 10.5 Å². The molecule has 0 atom stereocenters. The number of rotatable bonds is 3. The molecule has 3 aromatic rings. The molecule has 0 spiro atoms. The molecular formula is C24H19FN2O2. The summed E-state index contributed by atoms with van der Waals surface area (Å²) in [6, 6.07) is 20.7. The number of nitrogens with one attached hydrogen (secondary N) is 1. The predicted molar refractivity (Wildman–Crippen MR) is 111 cm³/mol. The molecule has 1 aliphatic carbocycles. The zero-order chi connectivity index (χ0) is 20.2. The number of alkyl carbamates (subject to hydrolysis) is 1. The third-order valence-electron chi connectivity index (χ3n) is 4.90. The highest BCUT2D eigenvalue weighted by Gasteiger charge is 2.28. The monoisotopic (exact) mass is 386 g/mol. The molecule has 0 heterocycles. The van der Waals surface area contributed by atoms with Crippen molar-refractivity contribution in [2.24, 2.45) is 0 Å². The number of ether oxygens (including phenoxy) is 1. The lowest BCUT2D eigenvalue weighted by Gasteiger charge is -2.14. The summed E-state index contributed by atoms with van der Waals surface area (Å²) in [5.41, 5.74) is 10.7. The molecule has 0 radical (unpaired) electrons. The summed E-state index contributed by atoms with van der Waals surface area (Å²) in [7, 11) is 0. The lowest BCUT2D eigenvalue weighted by molar-refractivity contribution is 0.144. The van der Waals surface area contributed by atoms with Crippen LogP contribution in [0.5, 0.6) is 0 Å². The van der Waals surface area contributed by atoms with Gasteiger partial charge in [0.1, 0.15) is 12.4 Å². The summed E-state index contributed by atoms with van der Waals surface area (Å²) in [6.07, 6.45) is -0.537. The number of anilines is 1. The van der Waals surface area contributed by atoms with Gasteiger partial charge in [0.25, 0.3) is 0 Å². The van der Waals surface area contributed by atoms with Gasteiger partial charge in [-0.25, -0.2) is 9.18 Å². The van der Waals surface area contributed by atoms with Crippen molar-refractivity contribution in [1.29, 1.82) is 0 Å². The van der Waals surface area contributed by atoms with Crippen LogP contribution in [0.2, 0.25) is 0 Å². The maximum Gasteiger partial charge on any atom is 0.407 e. The minimum Gasteiger partial charge on any atom is -0.449 e. The van der Waals surface area contributed by atoms with Gasteiger partial charge in [-0.15, -0.1) is 0 Å². The Hall–Kier alpha value is -3.78. The fourth-order valence-corrected chi connectivity index (χ4v) is 3.52. The second-order valence-corrected chi connectivity index (χ2v) is 6.72. The maximum absolute atomic E-state index is 13.4. The lowest BCUT2D eigenvalue weighted by atomic mass is 9.98. The minimum absolute atomic E-state index is 0.0111. The van der Waals surface area contributed by atoms with E-state index in [0.29, 0.717) is 5.56 Å². The molecule has 0 bridgehead atoms. The van der Waals surface area contributed by atoms with E-state index in [0.717, 1.165) is 11.1 Å². The third-order valence-corrected chi connectivity index (χ3v) is 4.90. The van der Waals surface area contributed by atoms with Crippen LogP contribution >= 0.6 is 0 Å². The Morgan fingerprint density at radius 1 is 1.03 bits per heavy atom. The number of nitrogens with two attached hydrogens (primary N) is 1. The summed E-state index contributed by atoms with van der Waals surface area (Å²) < 4.78 is 18.8. The average molecular weight is 386 g/mol. The molecule has 5 heteroatoms. The molecule has 3 N–H and O–H groups in total. The van der Waals surface area contributed by atoms with Crippen molar-refractivity contribution in [3.63, 3.8) is 0 Å². The van der Waals surface area contributed by atoms with Crippen molar-refractivity contribution in [2.45, 2.75) is 5.92 Å². The number of halogens is 1. The summed E-state index contributed by atoms with van der Waals surface area (Å²) in [4.78, 5) is 12.1. The van der Waals surface area contributed by atoms with Gasteiger partial charge in [-0.3, -0.25) is 0 Å². The molecule has 0 aliphatic heterocycles. The third kappa shape index (κ3) is 3.92. The summed E-state index contributed by atoms with van der Waals surface area (Å²) in [6.45, 7) is 0.346. The Morgan fingerprint density at radius 3 is 2.34 bits per heavy atom. The summed E-state index contributed by atoms with van der Waals surface area (Å²) >= 11 is 0. The van der Waals surface area contributed by atoms with Crippen molar-refractivity contribution in [3.05, 3.63) is 89.2 Å². The zero-order valence-corrected chi connectivity index (χ0v) is 15.6. The van der Waals surface area contributed by atoms with E-state index in [-0.39, 0.29) is 24.8 Å². The summed E-state index contributed by atoms with van der Waals surface area (Å²) in [5, 5.41) is 2.60. The van der Waals surface area contributed by atoms with Gasteiger partial charge in [0, 0.05) is 11.5 Å². The Morgan fingerprint density at radius 2 is 1.69 bits per heavy atom. The molecule has 0 fully saturated rings. The van der Waals surface area contributed by atoms with Crippen LogP contribution in [0.15, 0.2) is 66.7 Å². The number of nitrogen functional groups attached to an aromatic ring is 1. The highest BCUT2D eigenvalue weighted by molar-refractivity contribution is 5.79. The number of benzene rings is 3. The van der Waals surface area contributed by atoms with Crippen LogP contribution in [0.4, 0.5) is 14.9 Å². The second-order valence-electron chi connectivity index (χ2n) is 6.72. The van der Waals surface area contributed by atoms with Crippen LogP contribution in [-0.2, 0) is 4.74 Å². The molecule has 0 aromatic heterocycles. The molecule has 3 aromatic carbocycles. The van der Waals surface area contributed by atoms with Gasteiger partial charge in [0.2, 0.25) is 0 Å². The first-order valence-corrected chi connectivity index (χ1v) is 9.26. The first-order valence-electron chi connectivity index (χ1n) is 9.26. The molecule has 0 unspecified atom stereocenters. The quantitative estimate of drug-likeness (QED) is 0.521. The Balaban J connectivity index is 1.35. The van der Waals surface area contributed by atoms with Gasteiger partial charge in [-0.1, -0.05) is 60.4 Å². The van der Waals surface area contributed by atoms with Crippen molar-refractivity contribution >= 4 is 11.8 Å². The highest BCUT2D eigenvalue weighted by Crippen LogP contribution is 2.44. The molecule has 4 nitrogen and oxygen atoms in total. The number of amides is 1. The Bertz CT molecular complexity index is 1090. The summed E-state index contributed by atoms with van der Waals surface area (Å²) in [5.74, 6) is 5.04. The molecule has 29 heavy (non-hydrogen) atoms. The SMILES string of the molecule is Nc1ccc(C#CCNC(=O)OCC2c3ccccc3-c3ccccc32)cc1F. The lowest BCUT2D eigenvalue weighted by Crippen LogP contribution is -2.26. The van der Waals surface area contributed by atoms with Gasteiger partial charge in [-0.2, -0.15) is 0 Å². The highest BCUT2D eigenvalue weighted by atomic mass is 19.1. The minimum atomic E-state index is -0.537. The first-order chi connectivity index (χ1) is 14.1. The number of hydrogen-bond acceptors (Lipinski definition) is 3. The van der Waals surface area contributed by atoms with Crippen molar-refractivity contribution in [2.75, 3.05) is 18.9 Å². The molecule has 144 valence electrons. The van der Waals surface area contributed by atoms with Gasteiger partial charge in [-0.05, 0) is 40.5 Å². The number of carbonyl (C=O) groups is 1. The largest absolute Gasteiger partial charge is 0.449 e. The van der Waals surface area contributed by atoms with Crippen LogP contribution in [0.1, 0.15) is 22.6 Å². The second kappa shape index (κ2) is 8.07.